The summed E-state index contributed by atoms with van der Waals surface area (Å²) in [4.78, 5) is 0. The molecule has 0 atom stereocenters. The zero-order valence-corrected chi connectivity index (χ0v) is 35.7. The van der Waals surface area contributed by atoms with E-state index in [9.17, 15) is 0 Å². The number of aromatic nitrogens is 1. The first-order valence-electron chi connectivity index (χ1n) is 22.2. The van der Waals surface area contributed by atoms with Gasteiger partial charge in [-0.25, -0.2) is 0 Å². The van der Waals surface area contributed by atoms with Gasteiger partial charge in [0, 0.05) is 22.9 Å². The van der Waals surface area contributed by atoms with E-state index in [0.717, 1.165) is 44.5 Å². The first-order valence-corrected chi connectivity index (χ1v) is 22.2. The molecule has 1 heterocycles. The quantitative estimate of drug-likeness (QED) is 0.117. The van der Waals surface area contributed by atoms with E-state index in [1.165, 1.54) is 88.2 Å². The number of nitrogens with one attached hydrogen (secondary N) is 1. The molecule has 12 aromatic rings. The van der Waals surface area contributed by atoms with Crippen molar-refractivity contribution in [2.75, 3.05) is 0 Å². The Bertz CT molecular complexity index is 3780. The Morgan fingerprint density at radius 1 is 0.369 bits per heavy atom. The molecule has 0 amide bonds. The first-order chi connectivity index (χ1) is 32.2. The van der Waals surface area contributed by atoms with Gasteiger partial charge in [-0.3, -0.25) is 0 Å². The van der Waals surface area contributed by atoms with Crippen LogP contribution in [0.5, 0.6) is 0 Å². The predicted octanol–water partition coefficient (Wildman–Crippen LogP) is 17.2. The summed E-state index contributed by atoms with van der Waals surface area (Å²) in [7, 11) is 0. The van der Waals surface area contributed by atoms with Gasteiger partial charge in [-0.1, -0.05) is 207 Å². The fraction of sp³-hybridized carbons (Fsp3) is 0. The zero-order chi connectivity index (χ0) is 43.4. The van der Waals surface area contributed by atoms with Crippen LogP contribution in [0.1, 0.15) is 11.3 Å². The van der Waals surface area contributed by atoms with E-state index in [1.807, 2.05) is 24.3 Å². The average molecular weight is 827 g/mol. The summed E-state index contributed by atoms with van der Waals surface area (Å²) in [6.07, 6.45) is 3.33. The topological polar surface area (TPSA) is 28.8 Å². The van der Waals surface area contributed by atoms with Crippen LogP contribution in [0.4, 0.5) is 0 Å². The Hall–Kier alpha value is -8.59. The highest BCUT2D eigenvalue weighted by Crippen LogP contribution is 2.47. The van der Waals surface area contributed by atoms with Crippen LogP contribution in [0, 0.1) is 5.41 Å². The highest BCUT2D eigenvalue weighted by molar-refractivity contribution is 6.24. The van der Waals surface area contributed by atoms with Crippen LogP contribution in [0.3, 0.4) is 0 Å². The van der Waals surface area contributed by atoms with Gasteiger partial charge in [0.1, 0.15) is 0 Å². The summed E-state index contributed by atoms with van der Waals surface area (Å²) in [5, 5.41) is 19.5. The van der Waals surface area contributed by atoms with Gasteiger partial charge in [-0.2, -0.15) is 0 Å². The van der Waals surface area contributed by atoms with Crippen molar-refractivity contribution in [2.45, 2.75) is 0 Å². The SMILES string of the molecule is C=Cc1c(C=N)c2c(-c3ccc(-c4ccc(-c5c6ccccc6c(-c6ccc(-c7ccc8ccccc8c7)cc6)c6ccccc56)c5ccccc45)cc3)cccc2n1-c1ccccc1. The maximum absolute atomic E-state index is 8.51. The Morgan fingerprint density at radius 2 is 0.877 bits per heavy atom. The monoisotopic (exact) mass is 826 g/mol. The second kappa shape index (κ2) is 15.6. The number of para-hydroxylation sites is 1. The number of nitrogens with zero attached hydrogens (tertiary/aromatic N) is 1. The number of fused-ring (bicyclic) bond motifs is 5. The second-order valence-corrected chi connectivity index (χ2v) is 16.8. The highest BCUT2D eigenvalue weighted by Gasteiger charge is 2.21. The molecule has 304 valence electrons. The molecule has 0 aliphatic rings. The van der Waals surface area contributed by atoms with E-state index in [4.69, 9.17) is 5.41 Å². The summed E-state index contributed by atoms with van der Waals surface area (Å²) in [6.45, 7) is 4.16. The van der Waals surface area contributed by atoms with Gasteiger partial charge in [0.25, 0.3) is 0 Å². The van der Waals surface area contributed by atoms with Crippen molar-refractivity contribution >= 4 is 66.3 Å². The maximum atomic E-state index is 8.51. The smallest absolute Gasteiger partial charge is 0.0550 e. The standard InChI is InChI=1S/C63H42N2/c1-2-59-58(40-64)63-50(25-14-26-60(63)65(59)48-17-4-3-5-18-48)44-32-30-43(31-33-44)49-37-38-57(52-20-9-8-19-51(49)52)62-55-23-12-10-21-53(55)61(54-22-11-13-24-56(54)62)45-34-27-42(28-35-45)47-36-29-41-15-6-7-16-46(41)39-47/h2-40,64H,1H2. The molecule has 0 spiro atoms. The summed E-state index contributed by atoms with van der Waals surface area (Å²) in [5.74, 6) is 0. The van der Waals surface area contributed by atoms with Crippen molar-refractivity contribution in [3.63, 3.8) is 0 Å². The van der Waals surface area contributed by atoms with Crippen LogP contribution in [0.25, 0.3) is 121 Å². The molecule has 11 aromatic carbocycles. The van der Waals surface area contributed by atoms with E-state index < -0.39 is 0 Å². The number of rotatable bonds is 8. The molecule has 65 heavy (non-hydrogen) atoms. The van der Waals surface area contributed by atoms with Crippen molar-refractivity contribution < 1.29 is 0 Å². The van der Waals surface area contributed by atoms with E-state index in [2.05, 4.69) is 217 Å². The Kier molecular flexibility index (Phi) is 9.17. The second-order valence-electron chi connectivity index (χ2n) is 16.8. The summed E-state index contributed by atoms with van der Waals surface area (Å²) in [6, 6.07) is 81.4. The van der Waals surface area contributed by atoms with Gasteiger partial charge >= 0.3 is 0 Å². The molecule has 2 nitrogen and oxygen atoms in total. The number of hydrogen-bond acceptors (Lipinski definition) is 1. The lowest BCUT2D eigenvalue weighted by molar-refractivity contribution is 1.11. The lowest BCUT2D eigenvalue weighted by atomic mass is 9.83. The van der Waals surface area contributed by atoms with Gasteiger partial charge in [0.05, 0.1) is 11.2 Å². The fourth-order valence-corrected chi connectivity index (χ4v) is 10.4. The Labute approximate surface area is 378 Å². The zero-order valence-electron chi connectivity index (χ0n) is 35.7. The van der Waals surface area contributed by atoms with Crippen molar-refractivity contribution in [3.8, 4) is 61.3 Å². The molecule has 0 bridgehead atoms. The van der Waals surface area contributed by atoms with Gasteiger partial charge in [0.2, 0.25) is 0 Å². The van der Waals surface area contributed by atoms with Gasteiger partial charge in [-0.15, -0.1) is 0 Å². The van der Waals surface area contributed by atoms with Crippen molar-refractivity contribution in [3.05, 3.63) is 242 Å². The summed E-state index contributed by atoms with van der Waals surface area (Å²) >= 11 is 0. The van der Waals surface area contributed by atoms with Crippen molar-refractivity contribution in [1.82, 2.24) is 4.57 Å². The molecule has 12 rings (SSSR count). The van der Waals surface area contributed by atoms with Gasteiger partial charge < -0.3 is 9.98 Å². The number of benzene rings is 11. The van der Waals surface area contributed by atoms with Crippen LogP contribution in [0.15, 0.2) is 231 Å². The third-order valence-electron chi connectivity index (χ3n) is 13.3. The van der Waals surface area contributed by atoms with E-state index >= 15 is 0 Å². The summed E-state index contributed by atoms with van der Waals surface area (Å²) < 4.78 is 2.21. The van der Waals surface area contributed by atoms with E-state index in [-0.39, 0.29) is 0 Å². The molecular weight excluding hydrogens is 785 g/mol. The molecule has 0 saturated heterocycles. The maximum Gasteiger partial charge on any atom is 0.0550 e. The van der Waals surface area contributed by atoms with E-state index in [0.29, 0.717) is 0 Å². The normalized spacial score (nSPS) is 11.5. The van der Waals surface area contributed by atoms with Gasteiger partial charge in [0.15, 0.2) is 0 Å². The molecule has 1 N–H and O–H groups in total. The lowest BCUT2D eigenvalue weighted by Crippen LogP contribution is -1.96. The minimum Gasteiger partial charge on any atom is -0.309 e. The molecule has 0 aliphatic carbocycles. The molecule has 0 aliphatic heterocycles. The van der Waals surface area contributed by atoms with Crippen LogP contribution in [-0.2, 0) is 0 Å². The molecule has 1 aromatic heterocycles. The largest absolute Gasteiger partial charge is 0.309 e. The van der Waals surface area contributed by atoms with Crippen molar-refractivity contribution in [2.24, 2.45) is 0 Å². The molecule has 0 radical (unpaired) electrons. The third kappa shape index (κ3) is 6.22. The molecule has 2 heteroatoms. The lowest BCUT2D eigenvalue weighted by Gasteiger charge is -2.20. The molecular formula is C63H42N2. The first kappa shape index (κ1) is 38.1. The van der Waals surface area contributed by atoms with Crippen LogP contribution in [0.2, 0.25) is 0 Å². The fourth-order valence-electron chi connectivity index (χ4n) is 10.4. The Balaban J connectivity index is 0.965. The van der Waals surface area contributed by atoms with Crippen molar-refractivity contribution in [1.29, 1.82) is 5.41 Å². The minimum absolute atomic E-state index is 0.864. The van der Waals surface area contributed by atoms with Gasteiger partial charge in [-0.05, 0) is 129 Å². The highest BCUT2D eigenvalue weighted by atomic mass is 15.0. The molecule has 0 unspecified atom stereocenters. The summed E-state index contributed by atoms with van der Waals surface area (Å²) in [5.41, 5.74) is 15.8. The average Bonchev–Trinajstić information content (AvgIpc) is 3.72. The van der Waals surface area contributed by atoms with Crippen LogP contribution >= 0.6 is 0 Å². The number of hydrogen-bond donors (Lipinski definition) is 1. The van der Waals surface area contributed by atoms with E-state index in [1.54, 1.807) is 0 Å². The molecule has 0 saturated carbocycles. The van der Waals surface area contributed by atoms with Crippen LogP contribution in [-0.4, -0.2) is 10.8 Å². The predicted molar refractivity (Wildman–Crippen MR) is 278 cm³/mol. The minimum atomic E-state index is 0.864. The third-order valence-corrected chi connectivity index (χ3v) is 13.3. The molecule has 0 fully saturated rings. The van der Waals surface area contributed by atoms with Crippen LogP contribution < -0.4 is 0 Å². The Morgan fingerprint density at radius 3 is 1.52 bits per heavy atom.